The zero-order valence-corrected chi connectivity index (χ0v) is 14.6. The van der Waals surface area contributed by atoms with E-state index in [-0.39, 0.29) is 26.4 Å². The summed E-state index contributed by atoms with van der Waals surface area (Å²) in [6.07, 6.45) is -15.3. The van der Waals surface area contributed by atoms with Crippen molar-refractivity contribution in [1.29, 1.82) is 0 Å². The van der Waals surface area contributed by atoms with E-state index in [9.17, 15) is 31.4 Å². The number of halogens is 6. The fourth-order valence-electron chi connectivity index (χ4n) is 1.47. The molecule has 0 radical (unpaired) electrons. The van der Waals surface area contributed by atoms with E-state index in [1.807, 2.05) is 0 Å². The van der Waals surface area contributed by atoms with E-state index in [0.29, 0.717) is 13.0 Å². The lowest BCUT2D eigenvalue weighted by atomic mass is 10.4. The van der Waals surface area contributed by atoms with Gasteiger partial charge in [0.15, 0.2) is 0 Å². The summed E-state index contributed by atoms with van der Waals surface area (Å²) in [5.74, 6) is 0. The van der Waals surface area contributed by atoms with E-state index >= 15 is 0 Å². The highest BCUT2D eigenvalue weighted by Crippen LogP contribution is 2.33. The normalized spacial score (nSPS) is 14.1. The Bertz CT molecular complexity index is 464. The van der Waals surface area contributed by atoms with Gasteiger partial charge in [-0.25, -0.2) is 16.0 Å². The van der Waals surface area contributed by atoms with E-state index in [4.69, 9.17) is 21.2 Å². The summed E-state index contributed by atoms with van der Waals surface area (Å²) < 4.78 is 96.6. The third-order valence-corrected chi connectivity index (χ3v) is 2.54. The Morgan fingerprint density at radius 3 is 1.96 bits per heavy atom. The molecular formula is C14H21F6NO7. The SMILES string of the molecule is [C-]#[N+]CCCOCC(O)COCCOCC(F)(F)OC(F)(F)OC(F)(F)CO. The summed E-state index contributed by atoms with van der Waals surface area (Å²) in [7, 11) is 0. The molecule has 28 heavy (non-hydrogen) atoms. The largest absolute Gasteiger partial charge is 0.495 e. The predicted molar refractivity (Wildman–Crippen MR) is 78.6 cm³/mol. The molecule has 166 valence electrons. The van der Waals surface area contributed by atoms with Gasteiger partial charge in [0.25, 0.3) is 0 Å². The van der Waals surface area contributed by atoms with E-state index in [0.717, 1.165) is 0 Å². The van der Waals surface area contributed by atoms with Crippen LogP contribution in [0.15, 0.2) is 0 Å². The zero-order chi connectivity index (χ0) is 21.7. The lowest BCUT2D eigenvalue weighted by Crippen LogP contribution is -2.43. The molecule has 0 rings (SSSR count). The van der Waals surface area contributed by atoms with Gasteiger partial charge in [-0.3, -0.25) is 0 Å². The Kier molecular flexibility index (Phi) is 12.5. The van der Waals surface area contributed by atoms with Crippen LogP contribution in [-0.2, 0) is 23.7 Å². The van der Waals surface area contributed by atoms with Crippen molar-refractivity contribution >= 4 is 0 Å². The average molecular weight is 429 g/mol. The summed E-state index contributed by atoms with van der Waals surface area (Å²) in [5.41, 5.74) is 0. The van der Waals surface area contributed by atoms with Crippen LogP contribution in [0.1, 0.15) is 6.42 Å². The smallest absolute Gasteiger partial charge is 0.388 e. The number of rotatable bonds is 17. The molecule has 0 amide bonds. The molecule has 0 fully saturated rings. The minimum Gasteiger partial charge on any atom is -0.388 e. The summed E-state index contributed by atoms with van der Waals surface area (Å²) in [6, 6.07) is 0. The molecule has 0 bridgehead atoms. The number of nitrogens with zero attached hydrogens (tertiary/aromatic N) is 1. The van der Waals surface area contributed by atoms with Gasteiger partial charge in [-0.2, -0.15) is 17.6 Å². The molecule has 1 atom stereocenters. The van der Waals surface area contributed by atoms with E-state index in [1.54, 1.807) is 0 Å². The summed E-state index contributed by atoms with van der Waals surface area (Å²) in [5, 5.41) is 17.5. The second-order valence-electron chi connectivity index (χ2n) is 5.19. The van der Waals surface area contributed by atoms with Gasteiger partial charge in [-0.15, -0.1) is 8.78 Å². The Hall–Kier alpha value is -1.21. The fourth-order valence-corrected chi connectivity index (χ4v) is 1.47. The molecule has 0 spiro atoms. The van der Waals surface area contributed by atoms with Crippen LogP contribution in [0, 0.1) is 6.57 Å². The molecule has 0 saturated carbocycles. The number of ether oxygens (including phenoxy) is 5. The van der Waals surface area contributed by atoms with Gasteiger partial charge in [0.05, 0.1) is 33.0 Å². The molecule has 0 aromatic rings. The Balaban J connectivity index is 3.90. The van der Waals surface area contributed by atoms with Gasteiger partial charge < -0.3 is 29.3 Å². The molecule has 8 nitrogen and oxygen atoms in total. The summed E-state index contributed by atoms with van der Waals surface area (Å²) in [6.45, 7) is 2.14. The molecule has 14 heteroatoms. The molecule has 0 heterocycles. The third kappa shape index (κ3) is 14.8. The third-order valence-electron chi connectivity index (χ3n) is 2.54. The first kappa shape index (κ1) is 26.8. The average Bonchev–Trinajstić information content (AvgIpc) is 2.55. The van der Waals surface area contributed by atoms with E-state index in [2.05, 4.69) is 19.1 Å². The van der Waals surface area contributed by atoms with Crippen molar-refractivity contribution < 1.29 is 60.2 Å². The minimum atomic E-state index is -5.38. The number of alkyl halides is 6. The van der Waals surface area contributed by atoms with Gasteiger partial charge in [0, 0.05) is 6.42 Å². The highest BCUT2D eigenvalue weighted by atomic mass is 19.3. The molecule has 0 aliphatic rings. The number of aliphatic hydroxyl groups is 2. The van der Waals surface area contributed by atoms with Crippen molar-refractivity contribution in [3.05, 3.63) is 11.4 Å². The molecule has 0 saturated heterocycles. The lowest BCUT2D eigenvalue weighted by Gasteiger charge is -2.25. The topological polar surface area (TPSA) is 91.0 Å². The van der Waals surface area contributed by atoms with E-state index < -0.39 is 44.4 Å². The van der Waals surface area contributed by atoms with Crippen molar-refractivity contribution in [2.45, 2.75) is 31.0 Å². The van der Waals surface area contributed by atoms with Crippen molar-refractivity contribution in [2.24, 2.45) is 0 Å². The first-order valence-corrected chi connectivity index (χ1v) is 7.82. The standard InChI is InChI=1S/C14H21F6NO7/c1-21-3-2-4-24-7-11(23)8-25-5-6-26-10-13(17,18)28-14(19,20)27-12(15,16)9-22/h11,22-23H,2-10H2. The Labute approximate surface area is 156 Å². The summed E-state index contributed by atoms with van der Waals surface area (Å²) >= 11 is 0. The van der Waals surface area contributed by atoms with Crippen molar-refractivity contribution in [3.8, 4) is 0 Å². The van der Waals surface area contributed by atoms with Crippen LogP contribution in [0.4, 0.5) is 26.3 Å². The summed E-state index contributed by atoms with van der Waals surface area (Å²) in [4.78, 5) is 3.10. The molecule has 0 aromatic carbocycles. The predicted octanol–water partition coefficient (Wildman–Crippen LogP) is 1.47. The highest BCUT2D eigenvalue weighted by Gasteiger charge is 2.52. The second-order valence-corrected chi connectivity index (χ2v) is 5.19. The Morgan fingerprint density at radius 1 is 0.857 bits per heavy atom. The highest BCUT2D eigenvalue weighted by molar-refractivity contribution is 4.58. The lowest BCUT2D eigenvalue weighted by molar-refractivity contribution is -0.517. The second kappa shape index (κ2) is 13.1. The molecule has 0 aromatic heterocycles. The molecule has 1 unspecified atom stereocenters. The molecule has 0 aliphatic heterocycles. The first-order chi connectivity index (χ1) is 12.9. The molecule has 2 N–H and O–H groups in total. The van der Waals surface area contributed by atoms with Gasteiger partial charge in [-0.1, -0.05) is 0 Å². The van der Waals surface area contributed by atoms with Crippen molar-refractivity contribution in [3.63, 3.8) is 0 Å². The van der Waals surface area contributed by atoms with Gasteiger partial charge in [0.2, 0.25) is 6.54 Å². The zero-order valence-electron chi connectivity index (χ0n) is 14.6. The Morgan fingerprint density at radius 2 is 1.39 bits per heavy atom. The number of aliphatic hydroxyl groups excluding tert-OH is 2. The quantitative estimate of drug-likeness (QED) is 0.157. The van der Waals surface area contributed by atoms with Crippen LogP contribution in [-0.4, -0.2) is 87.6 Å². The van der Waals surface area contributed by atoms with Crippen LogP contribution in [0.5, 0.6) is 0 Å². The number of hydrogen-bond donors (Lipinski definition) is 2. The van der Waals surface area contributed by atoms with Crippen LogP contribution in [0.25, 0.3) is 4.85 Å². The molecular weight excluding hydrogens is 408 g/mol. The van der Waals surface area contributed by atoms with Crippen LogP contribution in [0.2, 0.25) is 0 Å². The van der Waals surface area contributed by atoms with Gasteiger partial charge >= 0.3 is 18.5 Å². The van der Waals surface area contributed by atoms with Crippen molar-refractivity contribution in [2.75, 3.05) is 52.8 Å². The van der Waals surface area contributed by atoms with Crippen molar-refractivity contribution in [1.82, 2.24) is 0 Å². The van der Waals surface area contributed by atoms with Crippen LogP contribution in [0.3, 0.4) is 0 Å². The van der Waals surface area contributed by atoms with Crippen LogP contribution < -0.4 is 0 Å². The van der Waals surface area contributed by atoms with Gasteiger partial charge in [-0.05, 0) is 0 Å². The maximum Gasteiger partial charge on any atom is 0.495 e. The maximum atomic E-state index is 13.1. The van der Waals surface area contributed by atoms with Crippen LogP contribution >= 0.6 is 0 Å². The molecule has 0 aliphatic carbocycles. The van der Waals surface area contributed by atoms with E-state index in [1.165, 1.54) is 0 Å². The van der Waals surface area contributed by atoms with Gasteiger partial charge in [0.1, 0.15) is 19.3 Å². The maximum absolute atomic E-state index is 13.1. The number of hydrogen-bond acceptors (Lipinski definition) is 7. The fraction of sp³-hybridized carbons (Fsp3) is 0.929. The monoisotopic (exact) mass is 429 g/mol. The first-order valence-electron chi connectivity index (χ1n) is 7.82. The minimum absolute atomic E-state index is 0.0711.